The number of anilines is 2. The summed E-state index contributed by atoms with van der Waals surface area (Å²) >= 11 is 12.3. The summed E-state index contributed by atoms with van der Waals surface area (Å²) in [4.78, 5) is 31.3. The molecule has 3 rings (SSSR count). The Hall–Kier alpha value is -2.31. The lowest BCUT2D eigenvalue weighted by Gasteiger charge is -2.29. The molecule has 1 unspecified atom stereocenters. The van der Waals surface area contributed by atoms with Crippen LogP contribution in [-0.2, 0) is 4.79 Å². The van der Waals surface area contributed by atoms with Crippen LogP contribution in [0, 0.1) is 0 Å². The molecule has 124 valence electrons. The van der Waals surface area contributed by atoms with E-state index < -0.39 is 11.5 Å². The van der Waals surface area contributed by atoms with Crippen molar-refractivity contribution in [3.05, 3.63) is 61.0 Å². The molecule has 2 heterocycles. The van der Waals surface area contributed by atoms with Gasteiger partial charge in [-0.2, -0.15) is 4.98 Å². The number of nitrogens with one attached hydrogen (secondary N) is 2. The summed E-state index contributed by atoms with van der Waals surface area (Å²) in [7, 11) is 0. The van der Waals surface area contributed by atoms with E-state index in [0.717, 1.165) is 0 Å². The van der Waals surface area contributed by atoms with E-state index in [1.165, 1.54) is 6.92 Å². The molecule has 0 saturated heterocycles. The average Bonchev–Trinajstić information content (AvgIpc) is 2.44. The minimum Gasteiger partial charge on any atom is -0.369 e. The number of nitrogen functional groups attached to an aromatic ring is 1. The highest BCUT2D eigenvalue weighted by Crippen LogP contribution is 2.42. The fourth-order valence-electron chi connectivity index (χ4n) is 2.98. The quantitative estimate of drug-likeness (QED) is 0.759. The zero-order valence-electron chi connectivity index (χ0n) is 12.9. The Labute approximate surface area is 147 Å². The number of rotatable bonds is 2. The van der Waals surface area contributed by atoms with E-state index in [9.17, 15) is 9.59 Å². The van der Waals surface area contributed by atoms with Gasteiger partial charge in [0.1, 0.15) is 5.82 Å². The molecular formula is C16H14Cl2N4O2. The molecule has 1 atom stereocenters. The number of halogens is 2. The van der Waals surface area contributed by atoms with Gasteiger partial charge < -0.3 is 11.1 Å². The highest BCUT2D eigenvalue weighted by atomic mass is 35.5. The normalized spacial score (nSPS) is 16.6. The second-order valence-electron chi connectivity index (χ2n) is 5.53. The molecule has 4 N–H and O–H groups in total. The molecule has 1 aliphatic rings. The van der Waals surface area contributed by atoms with Crippen molar-refractivity contribution in [2.24, 2.45) is 0 Å². The van der Waals surface area contributed by atoms with Crippen LogP contribution in [0.3, 0.4) is 0 Å². The van der Waals surface area contributed by atoms with Crippen molar-refractivity contribution in [1.82, 2.24) is 9.97 Å². The second-order valence-corrected chi connectivity index (χ2v) is 6.38. The van der Waals surface area contributed by atoms with Gasteiger partial charge in [-0.05, 0) is 31.5 Å². The monoisotopic (exact) mass is 364 g/mol. The van der Waals surface area contributed by atoms with E-state index in [2.05, 4.69) is 15.3 Å². The lowest BCUT2D eigenvalue weighted by Crippen LogP contribution is -2.30. The minimum absolute atomic E-state index is 0.00808. The molecule has 0 amide bonds. The van der Waals surface area contributed by atoms with Gasteiger partial charge in [-0.15, -0.1) is 0 Å². The Morgan fingerprint density at radius 3 is 2.67 bits per heavy atom. The number of aromatic amines is 1. The highest BCUT2D eigenvalue weighted by Gasteiger charge is 2.35. The van der Waals surface area contributed by atoms with E-state index in [1.54, 1.807) is 25.1 Å². The number of nitrogens with two attached hydrogens (primary N) is 1. The van der Waals surface area contributed by atoms with Crippen molar-refractivity contribution in [2.75, 3.05) is 11.1 Å². The third kappa shape index (κ3) is 2.68. The maximum atomic E-state index is 12.5. The molecule has 8 heteroatoms. The van der Waals surface area contributed by atoms with Crippen LogP contribution in [0.1, 0.15) is 30.9 Å². The topological polar surface area (TPSA) is 101 Å². The van der Waals surface area contributed by atoms with Crippen molar-refractivity contribution in [2.45, 2.75) is 19.8 Å². The Morgan fingerprint density at radius 1 is 1.33 bits per heavy atom. The van der Waals surface area contributed by atoms with E-state index >= 15 is 0 Å². The van der Waals surface area contributed by atoms with Gasteiger partial charge >= 0.3 is 0 Å². The summed E-state index contributed by atoms with van der Waals surface area (Å²) in [5.74, 6) is -0.515. The van der Waals surface area contributed by atoms with Crippen molar-refractivity contribution in [3.8, 4) is 0 Å². The first-order valence-corrected chi connectivity index (χ1v) is 7.88. The summed E-state index contributed by atoms with van der Waals surface area (Å²) in [6.07, 6.45) is 0. The second kappa shape index (κ2) is 5.96. The molecule has 1 aliphatic heterocycles. The van der Waals surface area contributed by atoms with Gasteiger partial charge in [-0.25, -0.2) is 0 Å². The predicted molar refractivity (Wildman–Crippen MR) is 94.6 cm³/mol. The third-order valence-corrected chi connectivity index (χ3v) is 4.48. The molecule has 0 aliphatic carbocycles. The average molecular weight is 365 g/mol. The van der Waals surface area contributed by atoms with Gasteiger partial charge in [0.2, 0.25) is 5.95 Å². The van der Waals surface area contributed by atoms with E-state index in [1.807, 2.05) is 0 Å². The van der Waals surface area contributed by atoms with Crippen LogP contribution in [0.15, 0.2) is 34.3 Å². The summed E-state index contributed by atoms with van der Waals surface area (Å²) in [6, 6.07) is 4.94. The number of hydrogen-bond acceptors (Lipinski definition) is 5. The SMILES string of the molecule is CC(=O)C1=C(C)Nc2nc(N)[nH]c(=O)c2C1c1ccc(Cl)cc1Cl. The van der Waals surface area contributed by atoms with Crippen LogP contribution in [0.25, 0.3) is 0 Å². The summed E-state index contributed by atoms with van der Waals surface area (Å²) in [5, 5.41) is 3.81. The molecular weight excluding hydrogens is 351 g/mol. The number of carbonyl (C=O) groups is 1. The zero-order chi connectivity index (χ0) is 17.6. The third-order valence-electron chi connectivity index (χ3n) is 3.91. The van der Waals surface area contributed by atoms with Crippen LogP contribution in [0.4, 0.5) is 11.8 Å². The Balaban J connectivity index is 2.36. The largest absolute Gasteiger partial charge is 0.369 e. The molecule has 0 spiro atoms. The van der Waals surface area contributed by atoms with Gasteiger partial charge in [0.25, 0.3) is 5.56 Å². The first-order chi connectivity index (χ1) is 11.3. The van der Waals surface area contributed by atoms with Crippen LogP contribution in [-0.4, -0.2) is 15.8 Å². The highest BCUT2D eigenvalue weighted by molar-refractivity contribution is 6.35. The smallest absolute Gasteiger partial charge is 0.258 e. The number of H-pyrrole nitrogens is 1. The van der Waals surface area contributed by atoms with E-state index in [4.69, 9.17) is 28.9 Å². The molecule has 1 aromatic carbocycles. The van der Waals surface area contributed by atoms with Crippen LogP contribution in [0.2, 0.25) is 10.0 Å². The molecule has 0 fully saturated rings. The molecule has 0 bridgehead atoms. The Bertz CT molecular complexity index is 950. The van der Waals surface area contributed by atoms with Crippen LogP contribution < -0.4 is 16.6 Å². The van der Waals surface area contributed by atoms with Gasteiger partial charge in [0.15, 0.2) is 5.78 Å². The van der Waals surface area contributed by atoms with E-state index in [0.29, 0.717) is 38.3 Å². The standard InChI is InChI=1S/C16H14Cl2N4O2/c1-6-11(7(2)23)12(9-4-3-8(17)5-10(9)18)13-14(20-6)21-16(19)22-15(13)24/h3-5,12H,1-2H3,(H4,19,20,21,22,24). The lowest BCUT2D eigenvalue weighted by molar-refractivity contribution is -0.113. The van der Waals surface area contributed by atoms with Crippen molar-refractivity contribution in [1.29, 1.82) is 0 Å². The number of nitrogens with zero attached hydrogens (tertiary/aromatic N) is 1. The fraction of sp³-hybridized carbons (Fsp3) is 0.188. The predicted octanol–water partition coefficient (Wildman–Crippen LogP) is 3.08. The number of hydrogen-bond donors (Lipinski definition) is 3. The van der Waals surface area contributed by atoms with Crippen molar-refractivity contribution in [3.63, 3.8) is 0 Å². The minimum atomic E-state index is -0.652. The lowest BCUT2D eigenvalue weighted by atomic mass is 9.81. The number of aromatic nitrogens is 2. The first-order valence-electron chi connectivity index (χ1n) is 7.13. The number of carbonyl (C=O) groups excluding carboxylic acids is 1. The zero-order valence-corrected chi connectivity index (χ0v) is 14.4. The van der Waals surface area contributed by atoms with E-state index in [-0.39, 0.29) is 11.7 Å². The Kier molecular flexibility index (Phi) is 4.11. The van der Waals surface area contributed by atoms with Gasteiger partial charge in [0, 0.05) is 27.2 Å². The summed E-state index contributed by atoms with van der Waals surface area (Å²) in [5.41, 5.74) is 7.15. The Morgan fingerprint density at radius 2 is 2.04 bits per heavy atom. The number of fused-ring (bicyclic) bond motifs is 1. The molecule has 24 heavy (non-hydrogen) atoms. The van der Waals surface area contributed by atoms with Crippen LogP contribution in [0.5, 0.6) is 0 Å². The number of allylic oxidation sites excluding steroid dienone is 2. The van der Waals surface area contributed by atoms with Gasteiger partial charge in [0.05, 0.1) is 5.56 Å². The molecule has 1 aromatic heterocycles. The molecule has 6 nitrogen and oxygen atoms in total. The fourth-order valence-corrected chi connectivity index (χ4v) is 3.50. The molecule has 2 aromatic rings. The number of benzene rings is 1. The molecule has 0 saturated carbocycles. The van der Waals surface area contributed by atoms with Gasteiger partial charge in [-0.3, -0.25) is 14.6 Å². The number of ketones is 1. The summed E-state index contributed by atoms with van der Waals surface area (Å²) < 4.78 is 0. The maximum absolute atomic E-state index is 12.5. The number of Topliss-reactive ketones (excluding diaryl/α,β-unsaturated/α-hetero) is 1. The summed E-state index contributed by atoms with van der Waals surface area (Å²) in [6.45, 7) is 3.19. The van der Waals surface area contributed by atoms with Crippen molar-refractivity contribution >= 4 is 40.8 Å². The van der Waals surface area contributed by atoms with Gasteiger partial charge in [-0.1, -0.05) is 29.3 Å². The van der Waals surface area contributed by atoms with Crippen molar-refractivity contribution < 1.29 is 4.79 Å². The first kappa shape index (κ1) is 16.5. The van der Waals surface area contributed by atoms with Crippen LogP contribution >= 0.6 is 23.2 Å². The molecule has 0 radical (unpaired) electrons. The maximum Gasteiger partial charge on any atom is 0.258 e.